The van der Waals surface area contributed by atoms with Crippen LogP contribution in [-0.2, 0) is 4.79 Å². The Morgan fingerprint density at radius 3 is 2.31 bits per heavy atom. The van der Waals surface area contributed by atoms with Gasteiger partial charge in [0.1, 0.15) is 0 Å². The molecule has 0 bridgehead atoms. The monoisotopic (exact) mass is 217 g/mol. The van der Waals surface area contributed by atoms with Crippen LogP contribution in [0.3, 0.4) is 0 Å². The summed E-state index contributed by atoms with van der Waals surface area (Å²) in [6.45, 7) is 1.87. The van der Waals surface area contributed by atoms with Crippen LogP contribution in [0.15, 0.2) is 29.4 Å². The smallest absolute Gasteiger partial charge is 0.253 e. The minimum Gasteiger partial charge on any atom is -0.378 e. The Balaban J connectivity index is 2.25. The Hall–Kier alpha value is -1.84. The molecule has 2 rings (SSSR count). The maximum absolute atomic E-state index is 11.6. The number of anilines is 2. The van der Waals surface area contributed by atoms with Gasteiger partial charge in [-0.15, -0.1) is 0 Å². The number of hydrogen-bond acceptors (Lipinski definition) is 3. The van der Waals surface area contributed by atoms with E-state index in [0.717, 1.165) is 17.1 Å². The van der Waals surface area contributed by atoms with Crippen LogP contribution in [0.25, 0.3) is 0 Å². The van der Waals surface area contributed by atoms with Crippen LogP contribution in [0.5, 0.6) is 0 Å². The molecule has 0 atom stereocenters. The van der Waals surface area contributed by atoms with Crippen LogP contribution < -0.4 is 9.91 Å². The van der Waals surface area contributed by atoms with E-state index in [2.05, 4.69) is 5.10 Å². The number of carbonyl (C=O) groups excluding carboxylic acids is 1. The topological polar surface area (TPSA) is 35.9 Å². The summed E-state index contributed by atoms with van der Waals surface area (Å²) in [4.78, 5) is 13.6. The van der Waals surface area contributed by atoms with Gasteiger partial charge in [-0.2, -0.15) is 5.10 Å². The number of benzene rings is 1. The molecule has 1 heterocycles. The Labute approximate surface area is 95.2 Å². The van der Waals surface area contributed by atoms with E-state index in [1.807, 2.05) is 50.2 Å². The minimum atomic E-state index is 0.0371. The van der Waals surface area contributed by atoms with Gasteiger partial charge < -0.3 is 4.90 Å². The largest absolute Gasteiger partial charge is 0.378 e. The fourth-order valence-electron chi connectivity index (χ4n) is 1.65. The fraction of sp³-hybridized carbons (Fsp3) is 0.333. The molecule has 0 saturated carbocycles. The molecule has 16 heavy (non-hydrogen) atoms. The lowest BCUT2D eigenvalue weighted by molar-refractivity contribution is -0.116. The lowest BCUT2D eigenvalue weighted by Crippen LogP contribution is -2.19. The predicted molar refractivity (Wildman–Crippen MR) is 66.0 cm³/mol. The van der Waals surface area contributed by atoms with Crippen molar-refractivity contribution < 1.29 is 4.79 Å². The van der Waals surface area contributed by atoms with Gasteiger partial charge in [0, 0.05) is 25.5 Å². The van der Waals surface area contributed by atoms with Gasteiger partial charge in [0.05, 0.1) is 12.1 Å². The molecule has 0 radical (unpaired) electrons. The van der Waals surface area contributed by atoms with Crippen LogP contribution in [0.4, 0.5) is 11.4 Å². The lowest BCUT2D eigenvalue weighted by atomic mass is 10.2. The summed E-state index contributed by atoms with van der Waals surface area (Å²) in [5.41, 5.74) is 2.80. The van der Waals surface area contributed by atoms with Gasteiger partial charge in [-0.25, -0.2) is 5.01 Å². The first-order chi connectivity index (χ1) is 7.58. The third-order valence-corrected chi connectivity index (χ3v) is 2.52. The molecular formula is C12H15N3O. The zero-order chi connectivity index (χ0) is 11.7. The molecule has 0 spiro atoms. The summed E-state index contributed by atoms with van der Waals surface area (Å²) in [6, 6.07) is 7.78. The second-order valence-electron chi connectivity index (χ2n) is 4.13. The van der Waals surface area contributed by atoms with E-state index >= 15 is 0 Å². The molecule has 0 unspecified atom stereocenters. The maximum Gasteiger partial charge on any atom is 0.253 e. The number of carbonyl (C=O) groups is 1. The molecule has 0 fully saturated rings. The predicted octanol–water partition coefficient (Wildman–Crippen LogP) is 1.87. The van der Waals surface area contributed by atoms with Crippen molar-refractivity contribution in [1.29, 1.82) is 0 Å². The van der Waals surface area contributed by atoms with Crippen molar-refractivity contribution in [3.63, 3.8) is 0 Å². The van der Waals surface area contributed by atoms with E-state index in [1.165, 1.54) is 5.01 Å². The average Bonchev–Trinajstić information content (AvgIpc) is 2.58. The molecule has 4 heteroatoms. The number of amides is 1. The van der Waals surface area contributed by atoms with E-state index in [-0.39, 0.29) is 5.91 Å². The van der Waals surface area contributed by atoms with Gasteiger partial charge in [0.2, 0.25) is 0 Å². The van der Waals surface area contributed by atoms with Crippen LogP contribution in [-0.4, -0.2) is 25.7 Å². The normalized spacial score (nSPS) is 15.3. The van der Waals surface area contributed by atoms with Gasteiger partial charge in [-0.3, -0.25) is 4.79 Å². The summed E-state index contributed by atoms with van der Waals surface area (Å²) < 4.78 is 0. The average molecular weight is 217 g/mol. The van der Waals surface area contributed by atoms with Crippen molar-refractivity contribution >= 4 is 23.0 Å². The SMILES string of the molecule is CC1=NN(c2ccc(N(C)C)cc2)C(=O)C1. The first-order valence-corrected chi connectivity index (χ1v) is 5.22. The first kappa shape index (κ1) is 10.7. The molecule has 0 N–H and O–H groups in total. The third kappa shape index (κ3) is 1.91. The van der Waals surface area contributed by atoms with Crippen molar-refractivity contribution in [1.82, 2.24) is 0 Å². The highest BCUT2D eigenvalue weighted by Gasteiger charge is 2.22. The number of hydrogen-bond donors (Lipinski definition) is 0. The molecule has 0 aromatic heterocycles. The van der Waals surface area contributed by atoms with Crippen LogP contribution in [0, 0.1) is 0 Å². The molecule has 1 aliphatic heterocycles. The zero-order valence-corrected chi connectivity index (χ0v) is 9.77. The van der Waals surface area contributed by atoms with E-state index in [0.29, 0.717) is 6.42 Å². The van der Waals surface area contributed by atoms with E-state index in [1.54, 1.807) is 0 Å². The van der Waals surface area contributed by atoms with Crippen molar-refractivity contribution in [2.75, 3.05) is 24.0 Å². The summed E-state index contributed by atoms with van der Waals surface area (Å²) in [6.07, 6.45) is 0.426. The molecule has 1 aromatic rings. The summed E-state index contributed by atoms with van der Waals surface area (Å²) in [5.74, 6) is 0.0371. The minimum absolute atomic E-state index is 0.0371. The van der Waals surface area contributed by atoms with Crippen molar-refractivity contribution in [3.8, 4) is 0 Å². The van der Waals surface area contributed by atoms with Gasteiger partial charge in [-0.05, 0) is 31.2 Å². The second-order valence-corrected chi connectivity index (χ2v) is 4.13. The quantitative estimate of drug-likeness (QED) is 0.758. The molecular weight excluding hydrogens is 202 g/mol. The Kier molecular flexibility index (Phi) is 2.64. The summed E-state index contributed by atoms with van der Waals surface area (Å²) in [5, 5.41) is 5.67. The highest BCUT2D eigenvalue weighted by atomic mass is 16.2. The Morgan fingerprint density at radius 1 is 1.25 bits per heavy atom. The Bertz CT molecular complexity index is 434. The second kappa shape index (κ2) is 3.96. The Morgan fingerprint density at radius 2 is 1.88 bits per heavy atom. The standard InChI is InChI=1S/C12H15N3O/c1-9-8-12(16)15(13-9)11-6-4-10(5-7-11)14(2)3/h4-7H,8H2,1-3H3. The van der Waals surface area contributed by atoms with Gasteiger partial charge in [0.15, 0.2) is 0 Å². The maximum atomic E-state index is 11.6. The number of hydrazone groups is 1. The molecule has 1 amide bonds. The molecule has 0 saturated heterocycles. The van der Waals surface area contributed by atoms with Crippen LogP contribution >= 0.6 is 0 Å². The summed E-state index contributed by atoms with van der Waals surface area (Å²) >= 11 is 0. The number of rotatable bonds is 2. The van der Waals surface area contributed by atoms with Crippen molar-refractivity contribution in [3.05, 3.63) is 24.3 Å². The van der Waals surface area contributed by atoms with Crippen molar-refractivity contribution in [2.45, 2.75) is 13.3 Å². The molecule has 0 aliphatic carbocycles. The van der Waals surface area contributed by atoms with Gasteiger partial charge >= 0.3 is 0 Å². The highest BCUT2D eigenvalue weighted by molar-refractivity contribution is 6.12. The van der Waals surface area contributed by atoms with Crippen LogP contribution in [0.1, 0.15) is 13.3 Å². The number of nitrogens with zero attached hydrogens (tertiary/aromatic N) is 3. The summed E-state index contributed by atoms with van der Waals surface area (Å²) in [7, 11) is 3.97. The van der Waals surface area contributed by atoms with Crippen molar-refractivity contribution in [2.24, 2.45) is 5.10 Å². The zero-order valence-electron chi connectivity index (χ0n) is 9.77. The van der Waals surface area contributed by atoms with E-state index < -0.39 is 0 Å². The third-order valence-electron chi connectivity index (χ3n) is 2.52. The lowest BCUT2D eigenvalue weighted by Gasteiger charge is -2.15. The first-order valence-electron chi connectivity index (χ1n) is 5.22. The highest BCUT2D eigenvalue weighted by Crippen LogP contribution is 2.23. The molecule has 1 aliphatic rings. The van der Waals surface area contributed by atoms with E-state index in [9.17, 15) is 4.79 Å². The molecule has 1 aromatic carbocycles. The van der Waals surface area contributed by atoms with E-state index in [4.69, 9.17) is 0 Å². The van der Waals surface area contributed by atoms with Gasteiger partial charge in [0.25, 0.3) is 5.91 Å². The molecule has 4 nitrogen and oxygen atoms in total. The molecule has 84 valence electrons. The van der Waals surface area contributed by atoms with Crippen LogP contribution in [0.2, 0.25) is 0 Å². The fourth-order valence-corrected chi connectivity index (χ4v) is 1.65. The van der Waals surface area contributed by atoms with Gasteiger partial charge in [-0.1, -0.05) is 0 Å².